The summed E-state index contributed by atoms with van der Waals surface area (Å²) in [4.78, 5) is 6.67. The van der Waals surface area contributed by atoms with Crippen LogP contribution in [-0.2, 0) is 10.0 Å². The summed E-state index contributed by atoms with van der Waals surface area (Å²) >= 11 is 19.3. The third-order valence-corrected chi connectivity index (χ3v) is 8.54. The first-order chi connectivity index (χ1) is 14.3. The van der Waals surface area contributed by atoms with Gasteiger partial charge in [-0.15, -0.1) is 11.3 Å². The van der Waals surface area contributed by atoms with E-state index in [1.165, 1.54) is 46.0 Å². The highest BCUT2D eigenvalue weighted by atomic mass is 35.5. The summed E-state index contributed by atoms with van der Waals surface area (Å²) < 4.78 is 40.7. The lowest BCUT2D eigenvalue weighted by atomic mass is 10.2. The molecule has 4 rings (SSSR count). The maximum atomic E-state index is 13.4. The smallest absolute Gasteiger partial charge is 0.244 e. The summed E-state index contributed by atoms with van der Waals surface area (Å²) in [5, 5.41) is 3.17. The summed E-state index contributed by atoms with van der Waals surface area (Å²) in [6.45, 7) is 1.58. The van der Waals surface area contributed by atoms with Crippen LogP contribution in [0.25, 0.3) is 11.3 Å². The summed E-state index contributed by atoms with van der Waals surface area (Å²) in [6, 6.07) is 8.83. The molecule has 5 nitrogen and oxygen atoms in total. The second kappa shape index (κ2) is 8.61. The Morgan fingerprint density at radius 1 is 0.967 bits per heavy atom. The highest BCUT2D eigenvalue weighted by molar-refractivity contribution is 7.89. The standard InChI is InChI=1S/C19H15Cl3FN3O2S2/c20-13-2-4-18(15(22)10-13)30(27,28)26-7-5-25(6-8-26)19-24-17(11-29-19)12-1-3-16(23)14(21)9-12/h1-4,9-11H,5-8H2. The van der Waals surface area contributed by atoms with Crippen molar-refractivity contribution >= 4 is 61.3 Å². The summed E-state index contributed by atoms with van der Waals surface area (Å²) in [5.74, 6) is -0.478. The van der Waals surface area contributed by atoms with Crippen LogP contribution in [0.4, 0.5) is 9.52 Å². The number of hydrogen-bond donors (Lipinski definition) is 0. The number of sulfonamides is 1. The van der Waals surface area contributed by atoms with E-state index in [0.717, 1.165) is 10.7 Å². The van der Waals surface area contributed by atoms with Crippen LogP contribution < -0.4 is 4.90 Å². The van der Waals surface area contributed by atoms with Crippen molar-refractivity contribution in [1.29, 1.82) is 0 Å². The quantitative estimate of drug-likeness (QED) is 0.474. The van der Waals surface area contributed by atoms with Crippen molar-refractivity contribution in [2.24, 2.45) is 0 Å². The maximum absolute atomic E-state index is 13.4. The molecule has 1 aliphatic heterocycles. The molecule has 1 fully saturated rings. The largest absolute Gasteiger partial charge is 0.345 e. The van der Waals surface area contributed by atoms with E-state index in [9.17, 15) is 12.8 Å². The molecule has 11 heteroatoms. The normalized spacial score (nSPS) is 15.5. The number of hydrogen-bond acceptors (Lipinski definition) is 5. The van der Waals surface area contributed by atoms with Crippen LogP contribution in [0.15, 0.2) is 46.7 Å². The van der Waals surface area contributed by atoms with Gasteiger partial charge in [-0.1, -0.05) is 34.8 Å². The highest BCUT2D eigenvalue weighted by Crippen LogP contribution is 2.32. The Hall–Kier alpha value is -1.42. The molecular formula is C19H15Cl3FN3O2S2. The molecule has 0 radical (unpaired) electrons. The van der Waals surface area contributed by atoms with Crippen molar-refractivity contribution in [2.45, 2.75) is 4.90 Å². The van der Waals surface area contributed by atoms with Gasteiger partial charge in [-0.2, -0.15) is 4.31 Å². The number of benzene rings is 2. The summed E-state index contributed by atoms with van der Waals surface area (Å²) in [6.07, 6.45) is 0. The summed E-state index contributed by atoms with van der Waals surface area (Å²) in [7, 11) is -3.71. The predicted molar refractivity (Wildman–Crippen MR) is 120 cm³/mol. The molecule has 3 aromatic rings. The Morgan fingerprint density at radius 2 is 1.70 bits per heavy atom. The number of halogens is 4. The molecule has 2 aromatic carbocycles. The molecule has 0 saturated carbocycles. The molecule has 0 bridgehead atoms. The first-order valence-electron chi connectivity index (χ1n) is 8.87. The fourth-order valence-corrected chi connectivity index (χ4v) is 6.38. The lowest BCUT2D eigenvalue weighted by Crippen LogP contribution is -2.48. The average Bonchev–Trinajstić information content (AvgIpc) is 3.20. The average molecular weight is 507 g/mol. The van der Waals surface area contributed by atoms with Gasteiger partial charge >= 0.3 is 0 Å². The van der Waals surface area contributed by atoms with Gasteiger partial charge in [-0.25, -0.2) is 17.8 Å². The van der Waals surface area contributed by atoms with Gasteiger partial charge in [-0.3, -0.25) is 0 Å². The number of thiazole rings is 1. The molecule has 2 heterocycles. The van der Waals surface area contributed by atoms with Gasteiger partial charge in [0, 0.05) is 42.1 Å². The van der Waals surface area contributed by atoms with Crippen LogP contribution in [0, 0.1) is 5.82 Å². The molecule has 0 aliphatic carbocycles. The van der Waals surface area contributed by atoms with Gasteiger partial charge in [-0.05, 0) is 36.4 Å². The minimum atomic E-state index is -3.71. The molecule has 1 aromatic heterocycles. The molecule has 0 spiro atoms. The number of nitrogens with zero attached hydrogens (tertiary/aromatic N) is 3. The molecule has 1 saturated heterocycles. The fraction of sp³-hybridized carbons (Fsp3) is 0.211. The van der Waals surface area contributed by atoms with Crippen molar-refractivity contribution in [3.63, 3.8) is 0 Å². The zero-order valence-electron chi connectivity index (χ0n) is 15.4. The Labute approximate surface area is 192 Å². The second-order valence-corrected chi connectivity index (χ2v) is 10.6. The molecule has 30 heavy (non-hydrogen) atoms. The van der Waals surface area contributed by atoms with E-state index in [4.69, 9.17) is 34.8 Å². The third kappa shape index (κ3) is 4.30. The van der Waals surface area contributed by atoms with Gasteiger partial charge in [0.2, 0.25) is 10.0 Å². The van der Waals surface area contributed by atoms with Gasteiger partial charge in [0.1, 0.15) is 10.7 Å². The van der Waals surface area contributed by atoms with Gasteiger partial charge in [0.25, 0.3) is 0 Å². The SMILES string of the molecule is O=S(=O)(c1ccc(Cl)cc1Cl)N1CCN(c2nc(-c3ccc(F)c(Cl)c3)cs2)CC1. The number of piperazine rings is 1. The number of aromatic nitrogens is 1. The van der Waals surface area contributed by atoms with Crippen LogP contribution >= 0.6 is 46.1 Å². The lowest BCUT2D eigenvalue weighted by Gasteiger charge is -2.33. The molecule has 0 atom stereocenters. The zero-order valence-corrected chi connectivity index (χ0v) is 19.3. The van der Waals surface area contributed by atoms with Crippen LogP contribution in [-0.4, -0.2) is 43.9 Å². The van der Waals surface area contributed by atoms with Crippen LogP contribution in [0.3, 0.4) is 0 Å². The van der Waals surface area contributed by atoms with Gasteiger partial charge in [0.15, 0.2) is 5.13 Å². The van der Waals surface area contributed by atoms with Crippen LogP contribution in [0.1, 0.15) is 0 Å². The Balaban J connectivity index is 1.47. The van der Waals surface area contributed by atoms with E-state index in [-0.39, 0.29) is 14.9 Å². The van der Waals surface area contributed by atoms with Crippen molar-refractivity contribution in [3.8, 4) is 11.3 Å². The Kier molecular flexibility index (Phi) is 6.25. The van der Waals surface area contributed by atoms with Crippen LogP contribution in [0.2, 0.25) is 15.1 Å². The van der Waals surface area contributed by atoms with Crippen molar-refractivity contribution in [3.05, 3.63) is 62.7 Å². The minimum absolute atomic E-state index is 0.0433. The summed E-state index contributed by atoms with van der Waals surface area (Å²) in [5.41, 5.74) is 1.42. The van der Waals surface area contributed by atoms with E-state index < -0.39 is 15.8 Å². The minimum Gasteiger partial charge on any atom is -0.345 e. The van der Waals surface area contributed by atoms with E-state index >= 15 is 0 Å². The first kappa shape index (κ1) is 21.8. The Bertz CT molecular complexity index is 1200. The van der Waals surface area contributed by atoms with E-state index in [1.54, 1.807) is 6.07 Å². The second-order valence-electron chi connectivity index (χ2n) is 6.61. The molecular weight excluding hydrogens is 492 g/mol. The number of anilines is 1. The van der Waals surface area contributed by atoms with E-state index in [2.05, 4.69) is 4.98 Å². The maximum Gasteiger partial charge on any atom is 0.244 e. The third-order valence-electron chi connectivity index (χ3n) is 4.73. The first-order valence-corrected chi connectivity index (χ1v) is 12.3. The van der Waals surface area contributed by atoms with E-state index in [0.29, 0.717) is 36.9 Å². The van der Waals surface area contributed by atoms with E-state index in [1.807, 2.05) is 10.3 Å². The van der Waals surface area contributed by atoms with Gasteiger partial charge in [0.05, 0.1) is 15.7 Å². The van der Waals surface area contributed by atoms with Crippen molar-refractivity contribution in [1.82, 2.24) is 9.29 Å². The predicted octanol–water partition coefficient (Wildman–Crippen LogP) is 5.42. The monoisotopic (exact) mass is 505 g/mol. The zero-order chi connectivity index (χ0) is 21.5. The topological polar surface area (TPSA) is 53.5 Å². The fourth-order valence-electron chi connectivity index (χ4n) is 3.14. The lowest BCUT2D eigenvalue weighted by molar-refractivity contribution is 0.385. The molecule has 1 aliphatic rings. The molecule has 158 valence electrons. The van der Waals surface area contributed by atoms with Crippen molar-refractivity contribution in [2.75, 3.05) is 31.1 Å². The molecule has 0 N–H and O–H groups in total. The molecule has 0 amide bonds. The van der Waals surface area contributed by atoms with Gasteiger partial charge < -0.3 is 4.90 Å². The van der Waals surface area contributed by atoms with Crippen molar-refractivity contribution < 1.29 is 12.8 Å². The number of rotatable bonds is 4. The molecule has 0 unspecified atom stereocenters. The highest BCUT2D eigenvalue weighted by Gasteiger charge is 2.31. The van der Waals surface area contributed by atoms with Crippen LogP contribution in [0.5, 0.6) is 0 Å². The Morgan fingerprint density at radius 3 is 2.37 bits per heavy atom.